The van der Waals surface area contributed by atoms with Gasteiger partial charge in [-0.1, -0.05) is 0 Å². The van der Waals surface area contributed by atoms with E-state index in [1.807, 2.05) is 25.7 Å². The molecule has 2 aromatic rings. The van der Waals surface area contributed by atoms with E-state index >= 15 is 0 Å². The molecule has 26 heavy (non-hydrogen) atoms. The highest BCUT2D eigenvalue weighted by Crippen LogP contribution is 2.24. The SMILES string of the molecule is CC(C)(C)Oc1nc(-c2ccc([N+](=O)[O-])cc2)nc(N2CCOCC2)n1. The molecule has 0 spiro atoms. The first-order valence-corrected chi connectivity index (χ1v) is 8.34. The summed E-state index contributed by atoms with van der Waals surface area (Å²) in [6.07, 6.45) is 0. The van der Waals surface area contributed by atoms with Crippen molar-refractivity contribution in [1.29, 1.82) is 0 Å². The van der Waals surface area contributed by atoms with Crippen molar-refractivity contribution in [3.63, 3.8) is 0 Å². The molecule has 0 amide bonds. The highest BCUT2D eigenvalue weighted by molar-refractivity contribution is 5.59. The van der Waals surface area contributed by atoms with Crippen LogP contribution in [0, 0.1) is 10.1 Å². The van der Waals surface area contributed by atoms with Crippen molar-refractivity contribution in [2.24, 2.45) is 0 Å². The van der Waals surface area contributed by atoms with Crippen molar-refractivity contribution in [3.8, 4) is 17.4 Å². The number of nitro groups is 1. The number of nitrogens with zero attached hydrogens (tertiary/aromatic N) is 5. The van der Waals surface area contributed by atoms with Gasteiger partial charge in [-0.3, -0.25) is 10.1 Å². The van der Waals surface area contributed by atoms with Crippen LogP contribution in [-0.2, 0) is 4.74 Å². The van der Waals surface area contributed by atoms with Gasteiger partial charge in [0.05, 0.1) is 18.1 Å². The maximum Gasteiger partial charge on any atom is 0.322 e. The number of benzene rings is 1. The summed E-state index contributed by atoms with van der Waals surface area (Å²) in [6, 6.07) is 6.33. The summed E-state index contributed by atoms with van der Waals surface area (Å²) in [5.41, 5.74) is 0.213. The van der Waals surface area contributed by atoms with Crippen LogP contribution in [0.15, 0.2) is 24.3 Å². The average Bonchev–Trinajstić information content (AvgIpc) is 2.61. The second kappa shape index (κ2) is 7.20. The number of nitro benzene ring substituents is 1. The number of anilines is 1. The molecule has 0 saturated carbocycles. The van der Waals surface area contributed by atoms with Gasteiger partial charge in [-0.15, -0.1) is 0 Å². The minimum Gasteiger partial charge on any atom is -0.458 e. The summed E-state index contributed by atoms with van der Waals surface area (Å²) < 4.78 is 11.2. The Morgan fingerprint density at radius 1 is 1.12 bits per heavy atom. The lowest BCUT2D eigenvalue weighted by Gasteiger charge is -2.27. The second-order valence-electron chi connectivity index (χ2n) is 6.86. The third-order valence-electron chi connectivity index (χ3n) is 3.63. The van der Waals surface area contributed by atoms with Gasteiger partial charge in [-0.25, -0.2) is 0 Å². The minimum atomic E-state index is -0.462. The molecule has 1 saturated heterocycles. The van der Waals surface area contributed by atoms with Crippen molar-refractivity contribution in [2.75, 3.05) is 31.2 Å². The van der Waals surface area contributed by atoms with E-state index in [1.54, 1.807) is 12.1 Å². The van der Waals surface area contributed by atoms with Gasteiger partial charge in [0.1, 0.15) is 5.60 Å². The molecule has 0 bridgehead atoms. The summed E-state index contributed by atoms with van der Waals surface area (Å²) in [5, 5.41) is 10.8. The molecule has 0 aliphatic carbocycles. The molecule has 0 atom stereocenters. The molecule has 2 heterocycles. The van der Waals surface area contributed by atoms with Gasteiger partial charge < -0.3 is 14.4 Å². The Hall–Kier alpha value is -2.81. The number of hydrogen-bond acceptors (Lipinski definition) is 8. The van der Waals surface area contributed by atoms with Crippen LogP contribution in [0.4, 0.5) is 11.6 Å². The Morgan fingerprint density at radius 3 is 2.35 bits per heavy atom. The first kappa shape index (κ1) is 18.0. The number of non-ortho nitro benzene ring substituents is 1. The lowest BCUT2D eigenvalue weighted by Crippen LogP contribution is -2.37. The predicted octanol–water partition coefficient (Wildman–Crippen LogP) is 2.46. The smallest absolute Gasteiger partial charge is 0.322 e. The van der Waals surface area contributed by atoms with Crippen LogP contribution in [0.5, 0.6) is 6.01 Å². The second-order valence-corrected chi connectivity index (χ2v) is 6.86. The third kappa shape index (κ3) is 4.42. The molecule has 9 heteroatoms. The lowest BCUT2D eigenvalue weighted by atomic mass is 10.2. The zero-order valence-corrected chi connectivity index (χ0v) is 15.0. The van der Waals surface area contributed by atoms with Crippen molar-refractivity contribution in [3.05, 3.63) is 34.4 Å². The molecule has 138 valence electrons. The summed E-state index contributed by atoms with van der Waals surface area (Å²) in [6.45, 7) is 8.31. The quantitative estimate of drug-likeness (QED) is 0.606. The van der Waals surface area contributed by atoms with E-state index in [4.69, 9.17) is 9.47 Å². The van der Waals surface area contributed by atoms with Gasteiger partial charge in [-0.2, -0.15) is 15.0 Å². The normalized spacial score (nSPS) is 15.0. The van der Waals surface area contributed by atoms with Crippen molar-refractivity contribution in [2.45, 2.75) is 26.4 Å². The standard InChI is InChI=1S/C17H21N5O4/c1-17(2,3)26-16-19-14(12-4-6-13(7-5-12)22(23)24)18-15(20-16)21-8-10-25-11-9-21/h4-7H,8-11H2,1-3H3. The summed E-state index contributed by atoms with van der Waals surface area (Å²) in [7, 11) is 0. The topological polar surface area (TPSA) is 104 Å². The van der Waals surface area contributed by atoms with E-state index in [0.717, 1.165) is 0 Å². The molecule has 1 aromatic heterocycles. The predicted molar refractivity (Wildman–Crippen MR) is 95.3 cm³/mol. The molecular formula is C17H21N5O4. The summed E-state index contributed by atoms with van der Waals surface area (Å²) in [4.78, 5) is 25.8. The van der Waals surface area contributed by atoms with Crippen LogP contribution < -0.4 is 9.64 Å². The largest absolute Gasteiger partial charge is 0.458 e. The number of rotatable bonds is 4. The fourth-order valence-corrected chi connectivity index (χ4v) is 2.43. The monoisotopic (exact) mass is 359 g/mol. The number of ether oxygens (including phenoxy) is 2. The van der Waals surface area contributed by atoms with Gasteiger partial charge in [0.15, 0.2) is 5.82 Å². The van der Waals surface area contributed by atoms with Gasteiger partial charge in [0.25, 0.3) is 5.69 Å². The number of aromatic nitrogens is 3. The van der Waals surface area contributed by atoms with Crippen molar-refractivity contribution < 1.29 is 14.4 Å². The summed E-state index contributed by atoms with van der Waals surface area (Å²) >= 11 is 0. The molecule has 1 aliphatic heterocycles. The first-order valence-electron chi connectivity index (χ1n) is 8.34. The highest BCUT2D eigenvalue weighted by Gasteiger charge is 2.21. The summed E-state index contributed by atoms with van der Waals surface area (Å²) in [5.74, 6) is 0.923. The highest BCUT2D eigenvalue weighted by atomic mass is 16.6. The van der Waals surface area contributed by atoms with Crippen LogP contribution in [0.3, 0.4) is 0 Å². The van der Waals surface area contributed by atoms with Crippen LogP contribution >= 0.6 is 0 Å². The Morgan fingerprint density at radius 2 is 1.77 bits per heavy atom. The van der Waals surface area contributed by atoms with E-state index in [2.05, 4.69) is 15.0 Å². The molecule has 0 unspecified atom stereocenters. The molecule has 9 nitrogen and oxygen atoms in total. The number of morpholine rings is 1. The molecule has 1 aliphatic rings. The van der Waals surface area contributed by atoms with E-state index in [-0.39, 0.29) is 11.7 Å². The number of hydrogen-bond donors (Lipinski definition) is 0. The fraction of sp³-hybridized carbons (Fsp3) is 0.471. The maximum absolute atomic E-state index is 10.8. The first-order chi connectivity index (χ1) is 12.3. The molecule has 1 aromatic carbocycles. The molecule has 1 fully saturated rings. The van der Waals surface area contributed by atoms with Crippen LogP contribution in [0.2, 0.25) is 0 Å². The van der Waals surface area contributed by atoms with Gasteiger partial charge in [0.2, 0.25) is 5.95 Å². The van der Waals surface area contributed by atoms with Gasteiger partial charge in [0, 0.05) is 30.8 Å². The van der Waals surface area contributed by atoms with Gasteiger partial charge >= 0.3 is 6.01 Å². The van der Waals surface area contributed by atoms with E-state index < -0.39 is 10.5 Å². The van der Waals surface area contributed by atoms with E-state index in [9.17, 15) is 10.1 Å². The zero-order chi connectivity index (χ0) is 18.7. The Kier molecular flexibility index (Phi) is 4.99. The zero-order valence-electron chi connectivity index (χ0n) is 15.0. The Bertz CT molecular complexity index is 783. The maximum atomic E-state index is 10.8. The van der Waals surface area contributed by atoms with Gasteiger partial charge in [-0.05, 0) is 32.9 Å². The van der Waals surface area contributed by atoms with Crippen LogP contribution in [0.25, 0.3) is 11.4 Å². The molecule has 0 N–H and O–H groups in total. The van der Waals surface area contributed by atoms with Crippen molar-refractivity contribution in [1.82, 2.24) is 15.0 Å². The third-order valence-corrected chi connectivity index (χ3v) is 3.63. The van der Waals surface area contributed by atoms with Crippen LogP contribution in [-0.4, -0.2) is 51.8 Å². The molecule has 3 rings (SSSR count). The van der Waals surface area contributed by atoms with Crippen LogP contribution in [0.1, 0.15) is 20.8 Å². The van der Waals surface area contributed by atoms with Crippen molar-refractivity contribution >= 4 is 11.6 Å². The Balaban J connectivity index is 1.99. The van der Waals surface area contributed by atoms with E-state index in [0.29, 0.717) is 43.6 Å². The van der Waals surface area contributed by atoms with E-state index in [1.165, 1.54) is 12.1 Å². The fourth-order valence-electron chi connectivity index (χ4n) is 2.43. The lowest BCUT2D eigenvalue weighted by molar-refractivity contribution is -0.384. The Labute approximate surface area is 151 Å². The average molecular weight is 359 g/mol. The molecular weight excluding hydrogens is 338 g/mol. The minimum absolute atomic E-state index is 0.0161. The molecule has 0 radical (unpaired) electrons.